The van der Waals surface area contributed by atoms with E-state index in [1.54, 1.807) is 30.3 Å². The van der Waals surface area contributed by atoms with Gasteiger partial charge in [0.15, 0.2) is 0 Å². The average Bonchev–Trinajstić information content (AvgIpc) is 3.07. The first-order valence-corrected chi connectivity index (χ1v) is 11.1. The molecule has 0 atom stereocenters. The lowest BCUT2D eigenvalue weighted by Gasteiger charge is -2.13. The second kappa shape index (κ2) is 9.75. The molecular weight excluding hydrogens is 422 g/mol. The Balaban J connectivity index is 1.47. The summed E-state index contributed by atoms with van der Waals surface area (Å²) in [5.41, 5.74) is 3.60. The van der Waals surface area contributed by atoms with Crippen LogP contribution in [0.25, 0.3) is 6.08 Å². The van der Waals surface area contributed by atoms with E-state index >= 15 is 0 Å². The number of benzene rings is 3. The number of hydrogen-bond donors (Lipinski definition) is 0. The molecule has 0 bridgehead atoms. The Hall–Kier alpha value is -3.51. The average molecular weight is 446 g/mol. The molecule has 0 aliphatic carbocycles. The predicted octanol–water partition coefficient (Wildman–Crippen LogP) is 6.21. The van der Waals surface area contributed by atoms with Gasteiger partial charge in [-0.05, 0) is 79.2 Å². The molecule has 0 radical (unpaired) electrons. The Kier molecular flexibility index (Phi) is 6.61. The summed E-state index contributed by atoms with van der Waals surface area (Å²) in [6, 6.07) is 22.6. The topological polar surface area (TPSA) is 55.8 Å². The summed E-state index contributed by atoms with van der Waals surface area (Å²) >= 11 is 0.930. The minimum atomic E-state index is -0.338. The van der Waals surface area contributed by atoms with Gasteiger partial charge in [0, 0.05) is 0 Å². The van der Waals surface area contributed by atoms with E-state index in [9.17, 15) is 9.59 Å². The third-order valence-corrected chi connectivity index (χ3v) is 5.75. The Morgan fingerprint density at radius 2 is 1.66 bits per heavy atom. The fraction of sp³-hybridized carbons (Fsp3) is 0.154. The van der Waals surface area contributed by atoms with Crippen LogP contribution in [0.2, 0.25) is 0 Å². The maximum atomic E-state index is 12.9. The highest BCUT2D eigenvalue weighted by atomic mass is 32.2. The molecule has 0 N–H and O–H groups in total. The third kappa shape index (κ3) is 5.03. The molecule has 1 heterocycles. The van der Waals surface area contributed by atoms with Crippen molar-refractivity contribution in [1.82, 2.24) is 0 Å². The van der Waals surface area contributed by atoms with Crippen LogP contribution in [-0.2, 0) is 11.4 Å². The van der Waals surface area contributed by atoms with E-state index in [0.717, 1.165) is 22.9 Å². The summed E-state index contributed by atoms with van der Waals surface area (Å²) in [6.45, 7) is 4.96. The van der Waals surface area contributed by atoms with Crippen LogP contribution in [0.3, 0.4) is 0 Å². The third-order valence-electron chi connectivity index (χ3n) is 4.88. The lowest BCUT2D eigenvalue weighted by molar-refractivity contribution is -0.113. The van der Waals surface area contributed by atoms with Crippen LogP contribution in [-0.4, -0.2) is 17.8 Å². The summed E-state index contributed by atoms with van der Waals surface area (Å²) in [5, 5.41) is -0.322. The second-order valence-electron chi connectivity index (χ2n) is 7.29. The van der Waals surface area contributed by atoms with Crippen molar-refractivity contribution in [2.75, 3.05) is 11.5 Å². The fourth-order valence-corrected chi connectivity index (χ4v) is 4.09. The van der Waals surface area contributed by atoms with Crippen LogP contribution in [0.5, 0.6) is 11.5 Å². The van der Waals surface area contributed by atoms with Gasteiger partial charge in [-0.15, -0.1) is 0 Å². The van der Waals surface area contributed by atoms with E-state index in [1.165, 1.54) is 10.5 Å². The van der Waals surface area contributed by atoms with Crippen molar-refractivity contribution in [3.05, 3.63) is 94.4 Å². The number of ether oxygens (including phenoxy) is 2. The molecule has 162 valence electrons. The van der Waals surface area contributed by atoms with E-state index in [0.29, 0.717) is 35.3 Å². The van der Waals surface area contributed by atoms with Gasteiger partial charge in [-0.2, -0.15) is 0 Å². The van der Waals surface area contributed by atoms with Gasteiger partial charge < -0.3 is 9.47 Å². The molecule has 6 heteroatoms. The van der Waals surface area contributed by atoms with E-state index in [-0.39, 0.29) is 11.1 Å². The molecule has 4 rings (SSSR count). The SMILES string of the molecule is CCOc1ccc(N2C(=O)S/C(=C\c3cccc(OCc4ccc(C)cc4)c3)C2=O)cc1. The summed E-state index contributed by atoms with van der Waals surface area (Å²) in [4.78, 5) is 27.0. The van der Waals surface area contributed by atoms with Crippen LogP contribution in [0.1, 0.15) is 23.6 Å². The molecule has 0 spiro atoms. The number of carbonyl (C=O) groups excluding carboxylic acids is 2. The number of nitrogens with zero attached hydrogens (tertiary/aromatic N) is 1. The number of imide groups is 1. The number of rotatable bonds is 7. The Morgan fingerprint density at radius 1 is 0.906 bits per heavy atom. The molecule has 1 fully saturated rings. The standard InChI is InChI=1S/C26H23NO4S/c1-3-30-22-13-11-21(12-14-22)27-25(28)24(32-26(27)29)16-20-5-4-6-23(15-20)31-17-19-9-7-18(2)8-10-19/h4-16H,3,17H2,1-2H3/b24-16-. The normalized spacial score (nSPS) is 14.8. The number of thioether (sulfide) groups is 1. The first kappa shape index (κ1) is 21.7. The molecule has 3 aromatic rings. The molecule has 2 amide bonds. The molecule has 0 unspecified atom stereocenters. The van der Waals surface area contributed by atoms with Crippen molar-refractivity contribution in [3.63, 3.8) is 0 Å². The van der Waals surface area contributed by atoms with Gasteiger partial charge in [-0.25, -0.2) is 4.90 Å². The molecule has 0 saturated carbocycles. The van der Waals surface area contributed by atoms with Gasteiger partial charge in [0.2, 0.25) is 0 Å². The highest BCUT2D eigenvalue weighted by Gasteiger charge is 2.36. The molecule has 0 aromatic heterocycles. The summed E-state index contributed by atoms with van der Waals surface area (Å²) in [6.07, 6.45) is 1.72. The van der Waals surface area contributed by atoms with Crippen LogP contribution in [0.15, 0.2) is 77.7 Å². The first-order chi connectivity index (χ1) is 15.5. The van der Waals surface area contributed by atoms with Crippen molar-refractivity contribution in [3.8, 4) is 11.5 Å². The van der Waals surface area contributed by atoms with E-state index < -0.39 is 0 Å². The van der Waals surface area contributed by atoms with E-state index in [4.69, 9.17) is 9.47 Å². The predicted molar refractivity (Wildman–Crippen MR) is 128 cm³/mol. The lowest BCUT2D eigenvalue weighted by atomic mass is 10.1. The van der Waals surface area contributed by atoms with Gasteiger partial charge in [0.05, 0.1) is 17.2 Å². The summed E-state index contributed by atoms with van der Waals surface area (Å²) in [7, 11) is 0. The molecule has 1 aliphatic heterocycles. The molecule has 1 aliphatic rings. The Bertz CT molecular complexity index is 1150. The van der Waals surface area contributed by atoms with E-state index in [1.807, 2.05) is 50.2 Å². The summed E-state index contributed by atoms with van der Waals surface area (Å²) < 4.78 is 11.3. The molecule has 32 heavy (non-hydrogen) atoms. The second-order valence-corrected chi connectivity index (χ2v) is 8.28. The quantitative estimate of drug-likeness (QED) is 0.405. The number of amides is 2. The van der Waals surface area contributed by atoms with Crippen LogP contribution >= 0.6 is 11.8 Å². The van der Waals surface area contributed by atoms with Gasteiger partial charge in [-0.1, -0.05) is 42.0 Å². The van der Waals surface area contributed by atoms with Crippen LogP contribution in [0, 0.1) is 6.92 Å². The van der Waals surface area contributed by atoms with Crippen molar-refractivity contribution in [2.45, 2.75) is 20.5 Å². The van der Waals surface area contributed by atoms with Crippen LogP contribution in [0.4, 0.5) is 10.5 Å². The summed E-state index contributed by atoms with van der Waals surface area (Å²) in [5.74, 6) is 1.06. The van der Waals surface area contributed by atoms with Gasteiger partial charge in [-0.3, -0.25) is 9.59 Å². The number of anilines is 1. The van der Waals surface area contributed by atoms with Crippen molar-refractivity contribution < 1.29 is 19.1 Å². The van der Waals surface area contributed by atoms with Crippen LogP contribution < -0.4 is 14.4 Å². The van der Waals surface area contributed by atoms with Gasteiger partial charge in [0.25, 0.3) is 11.1 Å². The highest BCUT2D eigenvalue weighted by molar-refractivity contribution is 8.19. The maximum absolute atomic E-state index is 12.9. The Morgan fingerprint density at radius 3 is 2.38 bits per heavy atom. The van der Waals surface area contributed by atoms with Crippen molar-refractivity contribution >= 4 is 34.7 Å². The zero-order chi connectivity index (χ0) is 22.5. The maximum Gasteiger partial charge on any atom is 0.298 e. The molecule has 5 nitrogen and oxygen atoms in total. The highest BCUT2D eigenvalue weighted by Crippen LogP contribution is 2.36. The molecule has 1 saturated heterocycles. The zero-order valence-electron chi connectivity index (χ0n) is 17.9. The largest absolute Gasteiger partial charge is 0.494 e. The zero-order valence-corrected chi connectivity index (χ0v) is 18.7. The first-order valence-electron chi connectivity index (χ1n) is 10.3. The van der Waals surface area contributed by atoms with Gasteiger partial charge in [0.1, 0.15) is 18.1 Å². The molecule has 3 aromatic carbocycles. The minimum absolute atomic E-state index is 0.322. The Labute approximate surface area is 191 Å². The van der Waals surface area contributed by atoms with Crippen molar-refractivity contribution in [1.29, 1.82) is 0 Å². The molecular formula is C26H23NO4S. The number of hydrogen-bond acceptors (Lipinski definition) is 5. The monoisotopic (exact) mass is 445 g/mol. The fourth-order valence-electron chi connectivity index (χ4n) is 3.24. The number of aryl methyl sites for hydroxylation is 1. The van der Waals surface area contributed by atoms with E-state index in [2.05, 4.69) is 12.1 Å². The number of carbonyl (C=O) groups is 2. The van der Waals surface area contributed by atoms with Crippen molar-refractivity contribution in [2.24, 2.45) is 0 Å². The minimum Gasteiger partial charge on any atom is -0.494 e. The lowest BCUT2D eigenvalue weighted by Crippen LogP contribution is -2.27. The smallest absolute Gasteiger partial charge is 0.298 e. The van der Waals surface area contributed by atoms with Gasteiger partial charge >= 0.3 is 0 Å².